The molecule has 0 aliphatic heterocycles. The minimum Gasteiger partial charge on any atom is -0.493 e. The van der Waals surface area contributed by atoms with E-state index in [-0.39, 0.29) is 11.8 Å². The molecule has 0 saturated heterocycles. The molecule has 28 heavy (non-hydrogen) atoms. The van der Waals surface area contributed by atoms with Gasteiger partial charge in [0, 0.05) is 30.6 Å². The van der Waals surface area contributed by atoms with Crippen LogP contribution in [-0.4, -0.2) is 36.3 Å². The summed E-state index contributed by atoms with van der Waals surface area (Å²) in [5, 5.41) is 0.639. The molecule has 3 aromatic rings. The summed E-state index contributed by atoms with van der Waals surface area (Å²) in [5.41, 5.74) is 13.7. The summed E-state index contributed by atoms with van der Waals surface area (Å²) in [6.45, 7) is 4.39. The lowest BCUT2D eigenvalue weighted by molar-refractivity contribution is 0.324. The molecule has 4 N–H and O–H groups in total. The Kier molecular flexibility index (Phi) is 5.35. The summed E-state index contributed by atoms with van der Waals surface area (Å²) in [6, 6.07) is 5.57. The second-order valence-electron chi connectivity index (χ2n) is 5.88. The monoisotopic (exact) mass is 382 g/mol. The number of hydrogen-bond donors (Lipinski definition) is 2. The highest BCUT2D eigenvalue weighted by Crippen LogP contribution is 2.41. The van der Waals surface area contributed by atoms with E-state index in [0.29, 0.717) is 34.8 Å². The van der Waals surface area contributed by atoms with Crippen molar-refractivity contribution >= 4 is 28.5 Å². The van der Waals surface area contributed by atoms with E-state index in [1.807, 2.05) is 23.1 Å². The van der Waals surface area contributed by atoms with Gasteiger partial charge in [0.2, 0.25) is 11.7 Å². The molecule has 0 radical (unpaired) electrons. The maximum absolute atomic E-state index is 5.96. The van der Waals surface area contributed by atoms with E-state index < -0.39 is 0 Å². The summed E-state index contributed by atoms with van der Waals surface area (Å²) >= 11 is 0. The van der Waals surface area contributed by atoms with Gasteiger partial charge in [0.05, 0.1) is 26.7 Å². The van der Waals surface area contributed by atoms with Crippen LogP contribution < -0.4 is 30.6 Å². The zero-order chi connectivity index (χ0) is 20.3. The van der Waals surface area contributed by atoms with E-state index in [1.54, 1.807) is 33.7 Å². The van der Waals surface area contributed by atoms with Crippen molar-refractivity contribution in [2.45, 2.75) is 6.54 Å². The molecule has 9 heteroatoms. The number of rotatable bonds is 7. The lowest BCUT2D eigenvalue weighted by atomic mass is 10.2. The van der Waals surface area contributed by atoms with Crippen molar-refractivity contribution in [3.63, 3.8) is 0 Å². The SMILES string of the molecule is C=CN(Cc1cnc2nc(N)nc(N)c2c1)c1cc(OC)c(OC)c(OC)c1. The number of ether oxygens (including phenoxy) is 3. The van der Waals surface area contributed by atoms with Gasteiger partial charge in [0.25, 0.3) is 0 Å². The first-order chi connectivity index (χ1) is 13.5. The molecule has 0 atom stereocenters. The van der Waals surface area contributed by atoms with Crippen LogP contribution in [0.2, 0.25) is 0 Å². The Balaban J connectivity index is 1.99. The third-order valence-corrected chi connectivity index (χ3v) is 4.21. The van der Waals surface area contributed by atoms with Gasteiger partial charge in [-0.3, -0.25) is 0 Å². The van der Waals surface area contributed by atoms with Crippen LogP contribution >= 0.6 is 0 Å². The highest BCUT2D eigenvalue weighted by molar-refractivity contribution is 5.86. The largest absolute Gasteiger partial charge is 0.493 e. The Morgan fingerprint density at radius 2 is 1.71 bits per heavy atom. The quantitative estimate of drug-likeness (QED) is 0.634. The fraction of sp³-hybridized carbons (Fsp3) is 0.211. The number of hydrogen-bond acceptors (Lipinski definition) is 9. The molecule has 0 unspecified atom stereocenters. The van der Waals surface area contributed by atoms with Gasteiger partial charge in [-0.05, 0) is 17.8 Å². The molecular weight excluding hydrogens is 360 g/mol. The molecule has 0 fully saturated rings. The first kappa shape index (κ1) is 19.0. The zero-order valence-electron chi connectivity index (χ0n) is 16.0. The summed E-state index contributed by atoms with van der Waals surface area (Å²) < 4.78 is 16.2. The van der Waals surface area contributed by atoms with Gasteiger partial charge in [-0.1, -0.05) is 6.58 Å². The lowest BCUT2D eigenvalue weighted by Crippen LogP contribution is -2.15. The third-order valence-electron chi connectivity index (χ3n) is 4.21. The van der Waals surface area contributed by atoms with Crippen molar-refractivity contribution in [2.75, 3.05) is 37.7 Å². The number of nitrogens with zero attached hydrogens (tertiary/aromatic N) is 4. The fourth-order valence-corrected chi connectivity index (χ4v) is 2.87. The first-order valence-corrected chi connectivity index (χ1v) is 8.37. The molecule has 0 aliphatic rings. The predicted octanol–water partition coefficient (Wildman–Crippen LogP) is 2.37. The van der Waals surface area contributed by atoms with Gasteiger partial charge < -0.3 is 30.6 Å². The van der Waals surface area contributed by atoms with E-state index >= 15 is 0 Å². The third kappa shape index (κ3) is 3.54. The molecule has 2 aromatic heterocycles. The van der Waals surface area contributed by atoms with E-state index in [2.05, 4.69) is 21.5 Å². The topological polar surface area (TPSA) is 122 Å². The Bertz CT molecular complexity index is 999. The fourth-order valence-electron chi connectivity index (χ4n) is 2.87. The van der Waals surface area contributed by atoms with Crippen molar-refractivity contribution in [1.29, 1.82) is 0 Å². The van der Waals surface area contributed by atoms with Crippen LogP contribution in [0.5, 0.6) is 17.2 Å². The van der Waals surface area contributed by atoms with Gasteiger partial charge in [0.15, 0.2) is 17.1 Å². The molecule has 0 spiro atoms. The van der Waals surface area contributed by atoms with E-state index in [0.717, 1.165) is 11.3 Å². The molecule has 1 aromatic carbocycles. The van der Waals surface area contributed by atoms with Crippen molar-refractivity contribution in [2.24, 2.45) is 0 Å². The van der Waals surface area contributed by atoms with Gasteiger partial charge in [-0.15, -0.1) is 0 Å². The number of nitrogen functional groups attached to an aromatic ring is 2. The second-order valence-corrected chi connectivity index (χ2v) is 5.88. The van der Waals surface area contributed by atoms with Crippen molar-refractivity contribution < 1.29 is 14.2 Å². The molecular formula is C19H22N6O3. The van der Waals surface area contributed by atoms with E-state index in [4.69, 9.17) is 25.7 Å². The summed E-state index contributed by atoms with van der Waals surface area (Å²) in [4.78, 5) is 14.3. The van der Waals surface area contributed by atoms with Crippen molar-refractivity contribution in [3.05, 3.63) is 42.7 Å². The molecule has 0 saturated carbocycles. The maximum atomic E-state index is 5.96. The standard InChI is InChI=1S/C19H22N6O3/c1-5-25(12-7-14(26-2)16(28-4)15(8-12)27-3)10-11-6-13-17(20)23-19(21)24-18(13)22-9-11/h5-9H,1,10H2,2-4H3,(H4,20,21,22,23,24). The van der Waals surface area contributed by atoms with Crippen LogP contribution in [0.25, 0.3) is 11.0 Å². The van der Waals surface area contributed by atoms with Crippen molar-refractivity contribution in [3.8, 4) is 17.2 Å². The highest BCUT2D eigenvalue weighted by atomic mass is 16.5. The minimum atomic E-state index is 0.0930. The average molecular weight is 382 g/mol. The van der Waals surface area contributed by atoms with Crippen molar-refractivity contribution in [1.82, 2.24) is 15.0 Å². The molecule has 0 bridgehead atoms. The molecule has 2 heterocycles. The van der Waals surface area contributed by atoms with Gasteiger partial charge in [-0.25, -0.2) is 4.98 Å². The van der Waals surface area contributed by atoms with Crippen LogP contribution in [0.4, 0.5) is 17.5 Å². The molecule has 0 amide bonds. The number of pyridine rings is 1. The molecule has 9 nitrogen and oxygen atoms in total. The van der Waals surface area contributed by atoms with Crippen LogP contribution in [0.3, 0.4) is 0 Å². The number of methoxy groups -OCH3 is 3. The predicted molar refractivity (Wildman–Crippen MR) is 109 cm³/mol. The van der Waals surface area contributed by atoms with E-state index in [1.165, 1.54) is 0 Å². The second kappa shape index (κ2) is 7.87. The number of fused-ring (bicyclic) bond motifs is 1. The highest BCUT2D eigenvalue weighted by Gasteiger charge is 2.16. The molecule has 146 valence electrons. The van der Waals surface area contributed by atoms with Gasteiger partial charge in [0.1, 0.15) is 5.82 Å². The normalized spacial score (nSPS) is 10.5. The molecule has 0 aliphatic carbocycles. The van der Waals surface area contributed by atoms with Crippen LogP contribution in [0.1, 0.15) is 5.56 Å². The van der Waals surface area contributed by atoms with Crippen LogP contribution in [0.15, 0.2) is 37.2 Å². The smallest absolute Gasteiger partial charge is 0.224 e. The van der Waals surface area contributed by atoms with Crippen LogP contribution in [-0.2, 0) is 6.54 Å². The average Bonchev–Trinajstić information content (AvgIpc) is 2.71. The number of aromatic nitrogens is 3. The maximum Gasteiger partial charge on any atom is 0.224 e. The number of nitrogens with two attached hydrogens (primary N) is 2. The Labute approximate surface area is 162 Å². The minimum absolute atomic E-state index is 0.0930. The van der Waals surface area contributed by atoms with Crippen LogP contribution in [0, 0.1) is 0 Å². The number of benzene rings is 1. The first-order valence-electron chi connectivity index (χ1n) is 8.37. The molecule has 3 rings (SSSR count). The Morgan fingerprint density at radius 1 is 1.04 bits per heavy atom. The van der Waals surface area contributed by atoms with E-state index in [9.17, 15) is 0 Å². The zero-order valence-corrected chi connectivity index (χ0v) is 16.0. The van der Waals surface area contributed by atoms with Gasteiger partial charge >= 0.3 is 0 Å². The lowest BCUT2D eigenvalue weighted by Gasteiger charge is -2.23. The Hall–Kier alpha value is -3.75. The summed E-state index contributed by atoms with van der Waals surface area (Å²) in [7, 11) is 4.70. The summed E-state index contributed by atoms with van der Waals surface area (Å²) in [6.07, 6.45) is 3.41. The number of anilines is 3. The summed E-state index contributed by atoms with van der Waals surface area (Å²) in [5.74, 6) is 2.00. The van der Waals surface area contributed by atoms with Gasteiger partial charge in [-0.2, -0.15) is 9.97 Å². The Morgan fingerprint density at radius 3 is 2.29 bits per heavy atom.